The Labute approximate surface area is 126 Å². The third kappa shape index (κ3) is 3.51. The van der Waals surface area contributed by atoms with Crippen LogP contribution in [0.5, 0.6) is 0 Å². The molecule has 20 heavy (non-hydrogen) atoms. The average molecular weight is 334 g/mol. The largest absolute Gasteiger partial charge is 0.398 e. The van der Waals surface area contributed by atoms with Gasteiger partial charge in [-0.05, 0) is 65.2 Å². The first kappa shape index (κ1) is 14.4. The molecule has 5 heteroatoms. The van der Waals surface area contributed by atoms with Gasteiger partial charge in [0.15, 0.2) is 0 Å². The number of hydrogen-bond donors (Lipinski definition) is 3. The SMILES string of the molecule is Cc1cccc(NC(=O)Nc2cc(N)c(C)cc2Br)c1. The Morgan fingerprint density at radius 2 is 1.90 bits per heavy atom. The van der Waals surface area contributed by atoms with Crippen molar-refractivity contribution in [3.8, 4) is 0 Å². The maximum atomic E-state index is 12.0. The van der Waals surface area contributed by atoms with Crippen LogP contribution >= 0.6 is 15.9 Å². The van der Waals surface area contributed by atoms with Gasteiger partial charge in [0.1, 0.15) is 0 Å². The minimum Gasteiger partial charge on any atom is -0.398 e. The van der Waals surface area contributed by atoms with E-state index < -0.39 is 0 Å². The summed E-state index contributed by atoms with van der Waals surface area (Å²) in [6.45, 7) is 3.89. The van der Waals surface area contributed by atoms with Crippen molar-refractivity contribution in [2.24, 2.45) is 0 Å². The molecule has 4 N–H and O–H groups in total. The molecule has 0 bridgehead atoms. The lowest BCUT2D eigenvalue weighted by molar-refractivity contribution is 0.262. The fourth-order valence-corrected chi connectivity index (χ4v) is 2.35. The first-order valence-electron chi connectivity index (χ1n) is 6.16. The Hall–Kier alpha value is -2.01. The van der Waals surface area contributed by atoms with E-state index >= 15 is 0 Å². The zero-order chi connectivity index (χ0) is 14.7. The first-order chi connectivity index (χ1) is 9.45. The number of nitrogen functional groups attached to an aromatic ring is 1. The number of halogens is 1. The van der Waals surface area contributed by atoms with Crippen molar-refractivity contribution in [2.75, 3.05) is 16.4 Å². The normalized spacial score (nSPS) is 10.2. The third-order valence-corrected chi connectivity index (χ3v) is 3.54. The zero-order valence-corrected chi connectivity index (χ0v) is 12.9. The van der Waals surface area contributed by atoms with Crippen LogP contribution < -0.4 is 16.4 Å². The van der Waals surface area contributed by atoms with Gasteiger partial charge in [0, 0.05) is 15.8 Å². The van der Waals surface area contributed by atoms with Gasteiger partial charge in [-0.2, -0.15) is 0 Å². The lowest BCUT2D eigenvalue weighted by atomic mass is 10.2. The molecule has 104 valence electrons. The molecule has 2 aromatic carbocycles. The quantitative estimate of drug-likeness (QED) is 0.717. The van der Waals surface area contributed by atoms with E-state index in [1.807, 2.05) is 44.2 Å². The van der Waals surface area contributed by atoms with Crippen LogP contribution in [-0.4, -0.2) is 6.03 Å². The van der Waals surface area contributed by atoms with Crippen LogP contribution in [0.2, 0.25) is 0 Å². The Morgan fingerprint density at radius 3 is 2.60 bits per heavy atom. The summed E-state index contributed by atoms with van der Waals surface area (Å²) in [6.07, 6.45) is 0. The molecule has 2 amide bonds. The van der Waals surface area contributed by atoms with Gasteiger partial charge >= 0.3 is 6.03 Å². The standard InChI is InChI=1S/C15H16BrN3O/c1-9-4-3-5-11(6-9)18-15(20)19-14-8-13(17)10(2)7-12(14)16/h3-8H,17H2,1-2H3,(H2,18,19,20). The van der Waals surface area contributed by atoms with E-state index in [4.69, 9.17) is 5.73 Å². The minimum absolute atomic E-state index is 0.306. The summed E-state index contributed by atoms with van der Waals surface area (Å²) >= 11 is 3.41. The van der Waals surface area contributed by atoms with Crippen molar-refractivity contribution in [3.05, 3.63) is 52.0 Å². The molecule has 0 aromatic heterocycles. The summed E-state index contributed by atoms with van der Waals surface area (Å²) in [7, 11) is 0. The van der Waals surface area contributed by atoms with Crippen LogP contribution in [-0.2, 0) is 0 Å². The smallest absolute Gasteiger partial charge is 0.323 e. The fraction of sp³-hybridized carbons (Fsp3) is 0.133. The molecule has 0 aliphatic rings. The molecule has 0 fully saturated rings. The van der Waals surface area contributed by atoms with Crippen LogP contribution in [0.4, 0.5) is 21.9 Å². The Kier molecular flexibility index (Phi) is 4.29. The number of carbonyl (C=O) groups is 1. The molecule has 0 spiro atoms. The van der Waals surface area contributed by atoms with Gasteiger partial charge in [0.25, 0.3) is 0 Å². The van der Waals surface area contributed by atoms with E-state index in [0.717, 1.165) is 21.3 Å². The molecule has 0 saturated carbocycles. The van der Waals surface area contributed by atoms with E-state index in [2.05, 4.69) is 26.6 Å². The summed E-state index contributed by atoms with van der Waals surface area (Å²) in [5.41, 5.74) is 9.92. The predicted octanol–water partition coefficient (Wildman–Crippen LogP) is 4.29. The summed E-state index contributed by atoms with van der Waals surface area (Å²) in [4.78, 5) is 12.0. The molecule has 0 atom stereocenters. The van der Waals surface area contributed by atoms with Gasteiger partial charge in [0.2, 0.25) is 0 Å². The monoisotopic (exact) mass is 333 g/mol. The van der Waals surface area contributed by atoms with Crippen LogP contribution in [0.25, 0.3) is 0 Å². The molecule has 0 aliphatic heterocycles. The summed E-state index contributed by atoms with van der Waals surface area (Å²) < 4.78 is 0.795. The van der Waals surface area contributed by atoms with Crippen molar-refractivity contribution in [3.63, 3.8) is 0 Å². The van der Waals surface area contributed by atoms with Crippen molar-refractivity contribution >= 4 is 39.0 Å². The number of nitrogens with one attached hydrogen (secondary N) is 2. The van der Waals surface area contributed by atoms with E-state index in [-0.39, 0.29) is 6.03 Å². The van der Waals surface area contributed by atoms with Crippen LogP contribution in [0.1, 0.15) is 11.1 Å². The van der Waals surface area contributed by atoms with Gasteiger partial charge in [-0.25, -0.2) is 4.79 Å². The van der Waals surface area contributed by atoms with Crippen LogP contribution in [0.15, 0.2) is 40.9 Å². The van der Waals surface area contributed by atoms with E-state index in [1.165, 1.54) is 0 Å². The molecule has 2 aromatic rings. The van der Waals surface area contributed by atoms with Crippen molar-refractivity contribution in [1.29, 1.82) is 0 Å². The Bertz CT molecular complexity index is 656. The lowest BCUT2D eigenvalue weighted by Crippen LogP contribution is -2.19. The highest BCUT2D eigenvalue weighted by atomic mass is 79.9. The Balaban J connectivity index is 2.10. The second-order valence-electron chi connectivity index (χ2n) is 4.64. The Morgan fingerprint density at radius 1 is 1.15 bits per heavy atom. The number of hydrogen-bond acceptors (Lipinski definition) is 2. The summed E-state index contributed by atoms with van der Waals surface area (Å²) in [5.74, 6) is 0. The van der Waals surface area contributed by atoms with Crippen LogP contribution in [0, 0.1) is 13.8 Å². The maximum absolute atomic E-state index is 12.0. The van der Waals surface area contributed by atoms with Crippen molar-refractivity contribution < 1.29 is 4.79 Å². The second kappa shape index (κ2) is 5.96. The van der Waals surface area contributed by atoms with E-state index in [0.29, 0.717) is 11.4 Å². The number of nitrogens with two attached hydrogens (primary N) is 1. The lowest BCUT2D eigenvalue weighted by Gasteiger charge is -2.11. The molecule has 0 heterocycles. The fourth-order valence-electron chi connectivity index (χ4n) is 1.79. The number of urea groups is 1. The molecule has 4 nitrogen and oxygen atoms in total. The predicted molar refractivity (Wildman–Crippen MR) is 87.1 cm³/mol. The molecule has 0 radical (unpaired) electrons. The molecule has 0 saturated heterocycles. The zero-order valence-electron chi connectivity index (χ0n) is 11.3. The highest BCUT2D eigenvalue weighted by molar-refractivity contribution is 9.10. The van der Waals surface area contributed by atoms with Crippen molar-refractivity contribution in [2.45, 2.75) is 13.8 Å². The molecular weight excluding hydrogens is 318 g/mol. The third-order valence-electron chi connectivity index (χ3n) is 2.88. The molecule has 0 unspecified atom stereocenters. The average Bonchev–Trinajstić information content (AvgIpc) is 2.36. The number of carbonyl (C=O) groups excluding carboxylic acids is 1. The topological polar surface area (TPSA) is 67.2 Å². The van der Waals surface area contributed by atoms with Crippen molar-refractivity contribution in [1.82, 2.24) is 0 Å². The van der Waals surface area contributed by atoms with Gasteiger partial charge in [-0.15, -0.1) is 0 Å². The maximum Gasteiger partial charge on any atom is 0.323 e. The highest BCUT2D eigenvalue weighted by Gasteiger charge is 2.08. The number of amides is 2. The van der Waals surface area contributed by atoms with Gasteiger partial charge in [-0.1, -0.05) is 12.1 Å². The van der Waals surface area contributed by atoms with Gasteiger partial charge in [-0.3, -0.25) is 0 Å². The number of anilines is 3. The second-order valence-corrected chi connectivity index (χ2v) is 5.49. The van der Waals surface area contributed by atoms with Crippen LogP contribution in [0.3, 0.4) is 0 Å². The van der Waals surface area contributed by atoms with E-state index in [1.54, 1.807) is 6.07 Å². The molecule has 0 aliphatic carbocycles. The van der Waals surface area contributed by atoms with Gasteiger partial charge in [0.05, 0.1) is 5.69 Å². The van der Waals surface area contributed by atoms with Gasteiger partial charge < -0.3 is 16.4 Å². The molecule has 2 rings (SSSR count). The first-order valence-corrected chi connectivity index (χ1v) is 6.95. The number of aryl methyl sites for hydroxylation is 2. The number of rotatable bonds is 2. The van der Waals surface area contributed by atoms with E-state index in [9.17, 15) is 4.79 Å². The highest BCUT2D eigenvalue weighted by Crippen LogP contribution is 2.27. The summed E-state index contributed by atoms with van der Waals surface area (Å²) in [6, 6.07) is 10.9. The summed E-state index contributed by atoms with van der Waals surface area (Å²) in [5, 5.41) is 5.55. The molecular formula is C15H16BrN3O. The number of benzene rings is 2. The minimum atomic E-state index is -0.306.